The number of aromatic nitrogens is 3. The van der Waals surface area contributed by atoms with Crippen LogP contribution in [-0.4, -0.2) is 30.9 Å². The molecule has 2 bridgehead atoms. The molecule has 1 spiro atoms. The highest BCUT2D eigenvalue weighted by Gasteiger charge is 2.77. The summed E-state index contributed by atoms with van der Waals surface area (Å²) in [6, 6.07) is 11.1. The van der Waals surface area contributed by atoms with Gasteiger partial charge >= 0.3 is 0 Å². The maximum absolute atomic E-state index is 13.4. The third-order valence-electron chi connectivity index (χ3n) is 8.72. The molecule has 3 aromatic rings. The van der Waals surface area contributed by atoms with Crippen LogP contribution in [0.5, 0.6) is 0 Å². The SMILES string of the molecule is O=C(NC12CC3CC4CC(C1)C43C2)c1nc(C(O)c2ccccn2)n2ccccc12. The lowest BCUT2D eigenvalue weighted by Gasteiger charge is -2.66. The average Bonchev–Trinajstić information content (AvgIpc) is 3.37. The molecule has 3 aromatic heterocycles. The van der Waals surface area contributed by atoms with Crippen LogP contribution in [0.15, 0.2) is 48.8 Å². The number of hydrogen-bond donors (Lipinski definition) is 2. The zero-order valence-corrected chi connectivity index (χ0v) is 16.7. The average molecular weight is 400 g/mol. The Morgan fingerprint density at radius 1 is 1.13 bits per heavy atom. The summed E-state index contributed by atoms with van der Waals surface area (Å²) in [5.74, 6) is 2.85. The Morgan fingerprint density at radius 3 is 2.63 bits per heavy atom. The Labute approximate surface area is 174 Å². The summed E-state index contributed by atoms with van der Waals surface area (Å²) in [5, 5.41) is 14.3. The minimum Gasteiger partial charge on any atom is -0.379 e. The number of amides is 1. The number of carbonyl (C=O) groups is 1. The number of nitrogens with zero attached hydrogens (tertiary/aromatic N) is 3. The first-order chi connectivity index (χ1) is 14.6. The predicted molar refractivity (Wildman–Crippen MR) is 110 cm³/mol. The summed E-state index contributed by atoms with van der Waals surface area (Å²) >= 11 is 0. The van der Waals surface area contributed by atoms with Crippen LogP contribution in [0.25, 0.3) is 5.52 Å². The van der Waals surface area contributed by atoms with Gasteiger partial charge in [-0.15, -0.1) is 0 Å². The number of aliphatic hydroxyl groups is 1. The van der Waals surface area contributed by atoms with E-state index in [-0.39, 0.29) is 11.4 Å². The summed E-state index contributed by atoms with van der Waals surface area (Å²) in [6.45, 7) is 0. The van der Waals surface area contributed by atoms with Gasteiger partial charge in [-0.1, -0.05) is 12.1 Å². The van der Waals surface area contributed by atoms with Gasteiger partial charge < -0.3 is 14.8 Å². The summed E-state index contributed by atoms with van der Waals surface area (Å²) in [4.78, 5) is 22.3. The first kappa shape index (κ1) is 17.0. The van der Waals surface area contributed by atoms with E-state index < -0.39 is 6.10 Å². The van der Waals surface area contributed by atoms with Crippen LogP contribution in [0.4, 0.5) is 0 Å². The zero-order valence-electron chi connectivity index (χ0n) is 16.7. The maximum Gasteiger partial charge on any atom is 0.272 e. The van der Waals surface area contributed by atoms with Gasteiger partial charge in [-0.05, 0) is 79.5 Å². The predicted octanol–water partition coefficient (Wildman–Crippen LogP) is 3.12. The van der Waals surface area contributed by atoms with Crippen molar-refractivity contribution >= 4 is 11.4 Å². The van der Waals surface area contributed by atoms with Crippen LogP contribution in [0.3, 0.4) is 0 Å². The molecular formula is C24H24N4O2. The van der Waals surface area contributed by atoms with Gasteiger partial charge in [0.25, 0.3) is 5.91 Å². The molecule has 0 aromatic carbocycles. The minimum absolute atomic E-state index is 0.0534. The van der Waals surface area contributed by atoms with E-state index in [2.05, 4.69) is 15.3 Å². The van der Waals surface area contributed by atoms with Gasteiger partial charge in [0.15, 0.2) is 11.8 Å². The number of nitrogens with one attached hydrogen (secondary N) is 1. The van der Waals surface area contributed by atoms with Crippen molar-refractivity contribution in [3.05, 3.63) is 66.0 Å². The van der Waals surface area contributed by atoms with E-state index in [9.17, 15) is 9.90 Å². The summed E-state index contributed by atoms with van der Waals surface area (Å²) < 4.78 is 1.80. The van der Waals surface area contributed by atoms with Gasteiger partial charge in [0.05, 0.1) is 11.2 Å². The molecular weight excluding hydrogens is 376 g/mol. The molecule has 3 atom stereocenters. The number of carbonyl (C=O) groups excluding carboxylic acids is 1. The third kappa shape index (κ3) is 1.95. The van der Waals surface area contributed by atoms with Gasteiger partial charge in [-0.3, -0.25) is 9.78 Å². The van der Waals surface area contributed by atoms with E-state index in [1.807, 2.05) is 36.5 Å². The summed E-state index contributed by atoms with van der Waals surface area (Å²) in [7, 11) is 0. The van der Waals surface area contributed by atoms with Crippen LogP contribution < -0.4 is 5.32 Å². The van der Waals surface area contributed by atoms with Crippen molar-refractivity contribution in [3.8, 4) is 0 Å². The Hall–Kier alpha value is -2.73. The molecule has 0 saturated heterocycles. The molecule has 4 aliphatic rings. The van der Waals surface area contributed by atoms with Gasteiger partial charge in [-0.2, -0.15) is 0 Å². The third-order valence-corrected chi connectivity index (χ3v) is 8.72. The molecule has 1 amide bonds. The molecule has 0 radical (unpaired) electrons. The van der Waals surface area contributed by atoms with Crippen molar-refractivity contribution in [2.75, 3.05) is 0 Å². The number of imidazole rings is 1. The van der Waals surface area contributed by atoms with E-state index >= 15 is 0 Å². The normalized spacial score (nSPS) is 36.1. The number of pyridine rings is 2. The number of aliphatic hydroxyl groups excluding tert-OH is 1. The minimum atomic E-state index is -0.995. The van der Waals surface area contributed by atoms with E-state index in [4.69, 9.17) is 0 Å². The monoisotopic (exact) mass is 400 g/mol. The summed E-state index contributed by atoms with van der Waals surface area (Å²) in [5.41, 5.74) is 2.13. The van der Waals surface area contributed by atoms with Gasteiger partial charge in [-0.25, -0.2) is 4.98 Å². The van der Waals surface area contributed by atoms with Crippen LogP contribution in [0, 0.1) is 23.2 Å². The Balaban J connectivity index is 1.25. The highest BCUT2D eigenvalue weighted by molar-refractivity contribution is 5.99. The molecule has 152 valence electrons. The lowest BCUT2D eigenvalue weighted by molar-refractivity contribution is -0.175. The molecule has 4 aliphatic carbocycles. The molecule has 6 heteroatoms. The first-order valence-corrected chi connectivity index (χ1v) is 11.0. The molecule has 3 unspecified atom stereocenters. The van der Waals surface area contributed by atoms with Crippen LogP contribution in [0.2, 0.25) is 0 Å². The molecule has 0 aliphatic heterocycles. The quantitative estimate of drug-likeness (QED) is 0.705. The standard InChI is InChI=1S/C24H24N4O2/c29-20(17-5-1-3-7-25-17)21-26-19(18-6-2-4-8-28(18)21)22(30)27-23-11-15-9-14-10-16(12-23)24(14,15)13-23/h1-8,14-16,20,29H,9-13H2,(H,27,30). The molecule has 4 saturated carbocycles. The van der Waals surface area contributed by atoms with E-state index in [0.717, 1.165) is 37.0 Å². The van der Waals surface area contributed by atoms with Gasteiger partial charge in [0, 0.05) is 17.9 Å². The van der Waals surface area contributed by atoms with Crippen molar-refractivity contribution in [2.24, 2.45) is 23.2 Å². The van der Waals surface area contributed by atoms with Crippen LogP contribution >= 0.6 is 0 Å². The van der Waals surface area contributed by atoms with E-state index in [0.29, 0.717) is 28.1 Å². The molecule has 7 rings (SSSR count). The van der Waals surface area contributed by atoms with Crippen LogP contribution in [-0.2, 0) is 0 Å². The Bertz CT molecular complexity index is 1170. The largest absolute Gasteiger partial charge is 0.379 e. The van der Waals surface area contributed by atoms with Crippen molar-refractivity contribution in [3.63, 3.8) is 0 Å². The number of hydrogen-bond acceptors (Lipinski definition) is 4. The number of rotatable bonds is 4. The second kappa shape index (κ2) is 5.49. The fourth-order valence-electron chi connectivity index (χ4n) is 7.61. The fraction of sp³-hybridized carbons (Fsp3) is 0.458. The molecule has 3 heterocycles. The second-order valence-corrected chi connectivity index (χ2v) is 9.93. The highest BCUT2D eigenvalue weighted by atomic mass is 16.3. The highest BCUT2D eigenvalue weighted by Crippen LogP contribution is 2.82. The summed E-state index contributed by atoms with van der Waals surface area (Å²) in [6.07, 6.45) is 8.63. The molecule has 2 N–H and O–H groups in total. The van der Waals surface area contributed by atoms with Crippen molar-refractivity contribution in [1.82, 2.24) is 19.7 Å². The fourth-order valence-corrected chi connectivity index (χ4v) is 7.61. The topological polar surface area (TPSA) is 79.5 Å². The Kier molecular flexibility index (Phi) is 3.11. The molecule has 4 fully saturated rings. The first-order valence-electron chi connectivity index (χ1n) is 11.0. The van der Waals surface area contributed by atoms with Gasteiger partial charge in [0.2, 0.25) is 0 Å². The number of fused-ring (bicyclic) bond motifs is 2. The smallest absolute Gasteiger partial charge is 0.272 e. The van der Waals surface area contributed by atoms with Crippen molar-refractivity contribution in [2.45, 2.75) is 43.7 Å². The van der Waals surface area contributed by atoms with Crippen LogP contribution in [0.1, 0.15) is 60.2 Å². The van der Waals surface area contributed by atoms with Crippen molar-refractivity contribution in [1.29, 1.82) is 0 Å². The van der Waals surface area contributed by atoms with Crippen molar-refractivity contribution < 1.29 is 9.90 Å². The lowest BCUT2D eigenvalue weighted by atomic mass is 9.38. The maximum atomic E-state index is 13.4. The van der Waals surface area contributed by atoms with E-state index in [1.54, 1.807) is 16.7 Å². The Morgan fingerprint density at radius 2 is 1.93 bits per heavy atom. The van der Waals surface area contributed by atoms with Gasteiger partial charge in [0.1, 0.15) is 5.82 Å². The zero-order chi connectivity index (χ0) is 20.1. The lowest BCUT2D eigenvalue weighted by Crippen LogP contribution is -2.60. The van der Waals surface area contributed by atoms with E-state index in [1.165, 1.54) is 12.8 Å². The second-order valence-electron chi connectivity index (χ2n) is 9.93. The molecule has 30 heavy (non-hydrogen) atoms. The molecule has 6 nitrogen and oxygen atoms in total.